The molecular weight excluding hydrogens is 204 g/mol. The molecule has 3 N–H and O–H groups in total. The molecule has 1 amide bonds. The van der Waals surface area contributed by atoms with Crippen molar-refractivity contribution in [2.75, 3.05) is 23.8 Å². The van der Waals surface area contributed by atoms with E-state index in [1.165, 1.54) is 0 Å². The van der Waals surface area contributed by atoms with Gasteiger partial charge in [0, 0.05) is 17.9 Å². The maximum atomic E-state index is 11.0. The van der Waals surface area contributed by atoms with Gasteiger partial charge in [-0.15, -0.1) is 0 Å². The average molecular weight is 222 g/mol. The highest BCUT2D eigenvalue weighted by Gasteiger charge is 2.01. The Morgan fingerprint density at radius 1 is 1.38 bits per heavy atom. The van der Waals surface area contributed by atoms with Gasteiger partial charge in [-0.2, -0.15) is 0 Å². The molecule has 0 aliphatic rings. The predicted octanol–water partition coefficient (Wildman–Crippen LogP) is 1.69. The number of aliphatic hydroxyl groups is 1. The molecule has 16 heavy (non-hydrogen) atoms. The van der Waals surface area contributed by atoms with Crippen LogP contribution in [0.25, 0.3) is 0 Å². The van der Waals surface area contributed by atoms with Gasteiger partial charge in [-0.25, -0.2) is 0 Å². The minimum atomic E-state index is -0.496. The molecule has 4 heteroatoms. The average Bonchev–Trinajstić information content (AvgIpc) is 2.26. The van der Waals surface area contributed by atoms with E-state index in [0.717, 1.165) is 12.2 Å². The van der Waals surface area contributed by atoms with E-state index >= 15 is 0 Å². The maximum absolute atomic E-state index is 11.0. The van der Waals surface area contributed by atoms with Gasteiger partial charge >= 0.3 is 0 Å². The largest absolute Gasteiger partial charge is 0.387 e. The second kappa shape index (κ2) is 6.12. The molecule has 0 bridgehead atoms. The molecule has 0 saturated carbocycles. The lowest BCUT2D eigenvalue weighted by Gasteiger charge is -2.10. The van der Waals surface area contributed by atoms with Gasteiger partial charge < -0.3 is 15.7 Å². The molecule has 0 fully saturated rings. The standard InChI is InChI=1S/C12H18N2O2/c1-9(2)7-13-10-4-3-5-11(6-10)14-12(16)8-15/h3-6,9,13,15H,7-8H2,1-2H3,(H,14,16). The third kappa shape index (κ3) is 4.31. The van der Waals surface area contributed by atoms with Crippen molar-refractivity contribution >= 4 is 17.3 Å². The van der Waals surface area contributed by atoms with E-state index in [-0.39, 0.29) is 0 Å². The molecule has 1 aromatic rings. The van der Waals surface area contributed by atoms with E-state index < -0.39 is 12.5 Å². The van der Waals surface area contributed by atoms with Gasteiger partial charge in [-0.3, -0.25) is 4.79 Å². The van der Waals surface area contributed by atoms with Crippen LogP contribution in [0.3, 0.4) is 0 Å². The Morgan fingerprint density at radius 2 is 2.06 bits per heavy atom. The predicted molar refractivity (Wildman–Crippen MR) is 65.5 cm³/mol. The van der Waals surface area contributed by atoms with Gasteiger partial charge in [0.15, 0.2) is 0 Å². The van der Waals surface area contributed by atoms with Crippen LogP contribution >= 0.6 is 0 Å². The molecule has 4 nitrogen and oxygen atoms in total. The lowest BCUT2D eigenvalue weighted by molar-refractivity contribution is -0.118. The van der Waals surface area contributed by atoms with Gasteiger partial charge in [0.2, 0.25) is 5.91 Å². The van der Waals surface area contributed by atoms with Crippen LogP contribution < -0.4 is 10.6 Å². The first kappa shape index (κ1) is 12.5. The Bertz CT molecular complexity index is 351. The van der Waals surface area contributed by atoms with Crippen molar-refractivity contribution in [3.63, 3.8) is 0 Å². The first-order valence-electron chi connectivity index (χ1n) is 5.36. The van der Waals surface area contributed by atoms with Crippen LogP contribution in [0, 0.1) is 5.92 Å². The number of nitrogens with one attached hydrogen (secondary N) is 2. The van der Waals surface area contributed by atoms with E-state index in [9.17, 15) is 4.79 Å². The zero-order valence-corrected chi connectivity index (χ0v) is 9.66. The highest BCUT2D eigenvalue weighted by molar-refractivity contribution is 5.91. The third-order valence-electron chi connectivity index (χ3n) is 2.00. The first-order chi connectivity index (χ1) is 7.61. The fourth-order valence-electron chi connectivity index (χ4n) is 1.23. The highest BCUT2D eigenvalue weighted by atomic mass is 16.3. The van der Waals surface area contributed by atoms with Crippen LogP contribution in [0.4, 0.5) is 11.4 Å². The summed E-state index contributed by atoms with van der Waals surface area (Å²) in [6.07, 6.45) is 0. The molecule has 0 radical (unpaired) electrons. The molecule has 1 rings (SSSR count). The zero-order chi connectivity index (χ0) is 12.0. The summed E-state index contributed by atoms with van der Waals surface area (Å²) in [7, 11) is 0. The van der Waals surface area contributed by atoms with E-state index in [2.05, 4.69) is 24.5 Å². The minimum Gasteiger partial charge on any atom is -0.387 e. The maximum Gasteiger partial charge on any atom is 0.250 e. The van der Waals surface area contributed by atoms with Crippen LogP contribution in [-0.4, -0.2) is 24.2 Å². The lowest BCUT2D eigenvalue weighted by atomic mass is 10.2. The quantitative estimate of drug-likeness (QED) is 0.710. The second-order valence-corrected chi connectivity index (χ2v) is 4.06. The monoisotopic (exact) mass is 222 g/mol. The summed E-state index contributed by atoms with van der Waals surface area (Å²) in [5.74, 6) is 0.164. The molecule has 0 aromatic heterocycles. The number of amides is 1. The van der Waals surface area contributed by atoms with Crippen molar-refractivity contribution in [1.82, 2.24) is 0 Å². The number of anilines is 2. The van der Waals surface area contributed by atoms with Crippen LogP contribution in [0.1, 0.15) is 13.8 Å². The van der Waals surface area contributed by atoms with Gasteiger partial charge in [-0.1, -0.05) is 19.9 Å². The van der Waals surface area contributed by atoms with E-state index in [1.807, 2.05) is 18.2 Å². The van der Waals surface area contributed by atoms with E-state index in [0.29, 0.717) is 11.6 Å². The molecule has 0 heterocycles. The van der Waals surface area contributed by atoms with Gasteiger partial charge in [0.1, 0.15) is 6.61 Å². The summed E-state index contributed by atoms with van der Waals surface area (Å²) in [6, 6.07) is 7.43. The normalized spacial score (nSPS) is 10.2. The number of aliphatic hydroxyl groups excluding tert-OH is 1. The highest BCUT2D eigenvalue weighted by Crippen LogP contribution is 2.15. The van der Waals surface area contributed by atoms with Crippen molar-refractivity contribution in [1.29, 1.82) is 0 Å². The summed E-state index contributed by atoms with van der Waals surface area (Å²) < 4.78 is 0. The minimum absolute atomic E-state index is 0.402. The van der Waals surface area contributed by atoms with Crippen LogP contribution in [0.15, 0.2) is 24.3 Å². The number of rotatable bonds is 5. The molecule has 0 unspecified atom stereocenters. The summed E-state index contributed by atoms with van der Waals surface area (Å²) in [6.45, 7) is 4.65. The topological polar surface area (TPSA) is 61.4 Å². The molecule has 0 spiro atoms. The fourth-order valence-corrected chi connectivity index (χ4v) is 1.23. The lowest BCUT2D eigenvalue weighted by Crippen LogP contribution is -2.15. The molecule has 0 aliphatic carbocycles. The summed E-state index contributed by atoms with van der Waals surface area (Å²) in [5.41, 5.74) is 1.65. The number of hydrogen-bond donors (Lipinski definition) is 3. The van der Waals surface area contributed by atoms with Crippen LogP contribution in [-0.2, 0) is 4.79 Å². The Kier molecular flexibility index (Phi) is 4.79. The SMILES string of the molecule is CC(C)CNc1cccc(NC(=O)CO)c1. The van der Waals surface area contributed by atoms with Gasteiger partial charge in [0.05, 0.1) is 0 Å². The fraction of sp³-hybridized carbons (Fsp3) is 0.417. The Labute approximate surface area is 95.7 Å². The number of hydrogen-bond acceptors (Lipinski definition) is 3. The Hall–Kier alpha value is -1.55. The van der Waals surface area contributed by atoms with Crippen molar-refractivity contribution in [2.45, 2.75) is 13.8 Å². The van der Waals surface area contributed by atoms with Crippen molar-refractivity contribution in [3.8, 4) is 0 Å². The molecule has 0 atom stereocenters. The Morgan fingerprint density at radius 3 is 2.69 bits per heavy atom. The third-order valence-corrected chi connectivity index (χ3v) is 2.00. The van der Waals surface area contributed by atoms with E-state index in [4.69, 9.17) is 5.11 Å². The molecule has 0 aliphatic heterocycles. The van der Waals surface area contributed by atoms with Crippen molar-refractivity contribution in [3.05, 3.63) is 24.3 Å². The summed E-state index contributed by atoms with van der Waals surface area (Å²) in [4.78, 5) is 11.0. The summed E-state index contributed by atoms with van der Waals surface area (Å²) in [5, 5.41) is 14.5. The smallest absolute Gasteiger partial charge is 0.250 e. The van der Waals surface area contributed by atoms with Crippen LogP contribution in [0.5, 0.6) is 0 Å². The van der Waals surface area contributed by atoms with E-state index in [1.54, 1.807) is 6.07 Å². The first-order valence-corrected chi connectivity index (χ1v) is 5.36. The molecule has 88 valence electrons. The molecule has 0 saturated heterocycles. The Balaban J connectivity index is 2.60. The molecular formula is C12H18N2O2. The van der Waals surface area contributed by atoms with Gasteiger partial charge in [0.25, 0.3) is 0 Å². The number of benzene rings is 1. The van der Waals surface area contributed by atoms with Gasteiger partial charge in [-0.05, 0) is 24.1 Å². The zero-order valence-electron chi connectivity index (χ0n) is 9.66. The van der Waals surface area contributed by atoms with Crippen LogP contribution in [0.2, 0.25) is 0 Å². The molecule has 1 aromatic carbocycles. The second-order valence-electron chi connectivity index (χ2n) is 4.06. The summed E-state index contributed by atoms with van der Waals surface area (Å²) >= 11 is 0. The number of carbonyl (C=O) groups is 1. The number of carbonyl (C=O) groups excluding carboxylic acids is 1. The van der Waals surface area contributed by atoms with Crippen molar-refractivity contribution in [2.24, 2.45) is 5.92 Å². The van der Waals surface area contributed by atoms with Crippen molar-refractivity contribution < 1.29 is 9.90 Å².